The maximum atomic E-state index is 11.9. The molecule has 0 saturated heterocycles. The van der Waals surface area contributed by atoms with Gasteiger partial charge in [0.1, 0.15) is 0 Å². The number of hydrogen-bond acceptors (Lipinski definition) is 3. The molecule has 0 aromatic rings. The zero-order valence-corrected chi connectivity index (χ0v) is 10.5. The summed E-state index contributed by atoms with van der Waals surface area (Å²) in [6.07, 6.45) is -5.91. The highest BCUT2D eigenvalue weighted by Gasteiger charge is 2.29. The molecule has 0 rings (SSSR count). The largest absolute Gasteiger partial charge is 0.389 e. The van der Waals surface area contributed by atoms with Crippen LogP contribution in [0, 0.1) is 11.3 Å². The number of halogens is 3. The van der Waals surface area contributed by atoms with Crippen LogP contribution >= 0.6 is 0 Å². The molecule has 8 heteroatoms. The fourth-order valence-electron chi connectivity index (χ4n) is 1.13. The Hall–Kier alpha value is -0.810. The molecule has 4 nitrogen and oxygen atoms in total. The Morgan fingerprint density at radius 3 is 2.35 bits per heavy atom. The van der Waals surface area contributed by atoms with Gasteiger partial charge in [-0.1, -0.05) is 0 Å². The molecule has 0 amide bonds. The van der Waals surface area contributed by atoms with E-state index in [9.17, 15) is 21.6 Å². The standard InChI is InChI=1S/C9H15F3N2O2S/c1-8(4-6-13)14(2)17(15,16)7-3-5-9(10,11)12/h8H,3-5,7H2,1-2H3. The van der Waals surface area contributed by atoms with Crippen molar-refractivity contribution in [2.24, 2.45) is 0 Å². The molecule has 1 atom stereocenters. The highest BCUT2D eigenvalue weighted by molar-refractivity contribution is 7.89. The van der Waals surface area contributed by atoms with Crippen LogP contribution in [-0.2, 0) is 10.0 Å². The monoisotopic (exact) mass is 272 g/mol. The molecule has 0 aliphatic rings. The molecular formula is C9H15F3N2O2S. The van der Waals surface area contributed by atoms with Gasteiger partial charge in [-0.05, 0) is 13.3 Å². The van der Waals surface area contributed by atoms with Gasteiger partial charge in [0.15, 0.2) is 0 Å². The first-order valence-corrected chi connectivity index (χ1v) is 6.60. The van der Waals surface area contributed by atoms with Gasteiger partial charge in [0, 0.05) is 19.5 Å². The topological polar surface area (TPSA) is 61.2 Å². The molecule has 1 unspecified atom stereocenters. The lowest BCUT2D eigenvalue weighted by atomic mass is 10.3. The molecule has 0 radical (unpaired) electrons. The summed E-state index contributed by atoms with van der Waals surface area (Å²) in [4.78, 5) is 0. The fraction of sp³-hybridized carbons (Fsp3) is 0.889. The van der Waals surface area contributed by atoms with Gasteiger partial charge in [0.05, 0.1) is 18.2 Å². The van der Waals surface area contributed by atoms with Gasteiger partial charge in [0.25, 0.3) is 0 Å². The average molecular weight is 272 g/mol. The molecule has 0 aromatic heterocycles. The van der Waals surface area contributed by atoms with E-state index in [-0.39, 0.29) is 6.42 Å². The summed E-state index contributed by atoms with van der Waals surface area (Å²) >= 11 is 0. The van der Waals surface area contributed by atoms with Crippen LogP contribution in [0.15, 0.2) is 0 Å². The van der Waals surface area contributed by atoms with Gasteiger partial charge in [0.2, 0.25) is 10.0 Å². The van der Waals surface area contributed by atoms with Crippen molar-refractivity contribution in [3.63, 3.8) is 0 Å². The Balaban J connectivity index is 4.35. The first-order chi connectivity index (χ1) is 7.60. The third kappa shape index (κ3) is 6.48. The van der Waals surface area contributed by atoms with Crippen LogP contribution < -0.4 is 0 Å². The molecule has 0 spiro atoms. The van der Waals surface area contributed by atoms with Gasteiger partial charge in [-0.3, -0.25) is 0 Å². The average Bonchev–Trinajstić information content (AvgIpc) is 2.14. The second-order valence-corrected chi connectivity index (χ2v) is 5.91. The highest BCUT2D eigenvalue weighted by Crippen LogP contribution is 2.22. The number of alkyl halides is 3. The highest BCUT2D eigenvalue weighted by atomic mass is 32.2. The quantitative estimate of drug-likeness (QED) is 0.742. The number of nitriles is 1. The Morgan fingerprint density at radius 1 is 1.41 bits per heavy atom. The maximum absolute atomic E-state index is 11.9. The van der Waals surface area contributed by atoms with Crippen LogP contribution in [-0.4, -0.2) is 37.7 Å². The molecule has 0 aliphatic heterocycles. The van der Waals surface area contributed by atoms with Crippen molar-refractivity contribution in [3.05, 3.63) is 0 Å². The Bertz CT molecular complexity index is 373. The molecule has 0 fully saturated rings. The number of nitrogens with zero attached hydrogens (tertiary/aromatic N) is 2. The van der Waals surface area contributed by atoms with Crippen molar-refractivity contribution in [1.82, 2.24) is 4.31 Å². The van der Waals surface area contributed by atoms with Gasteiger partial charge < -0.3 is 0 Å². The Kier molecular flexibility index (Phi) is 5.92. The lowest BCUT2D eigenvalue weighted by Crippen LogP contribution is -2.36. The van der Waals surface area contributed by atoms with Crippen LogP contribution in [0.4, 0.5) is 13.2 Å². The summed E-state index contributed by atoms with van der Waals surface area (Å²) < 4.78 is 59.7. The smallest absolute Gasteiger partial charge is 0.212 e. The van der Waals surface area contributed by atoms with Crippen molar-refractivity contribution in [2.75, 3.05) is 12.8 Å². The van der Waals surface area contributed by atoms with Gasteiger partial charge >= 0.3 is 6.18 Å². The maximum Gasteiger partial charge on any atom is 0.389 e. The molecule has 0 N–H and O–H groups in total. The molecule has 0 aromatic carbocycles. The predicted molar refractivity (Wildman–Crippen MR) is 56.5 cm³/mol. The Morgan fingerprint density at radius 2 is 1.94 bits per heavy atom. The molecule has 0 bridgehead atoms. The van der Waals surface area contributed by atoms with Crippen molar-refractivity contribution >= 4 is 10.0 Å². The van der Waals surface area contributed by atoms with E-state index in [0.29, 0.717) is 0 Å². The zero-order chi connectivity index (χ0) is 13.7. The van der Waals surface area contributed by atoms with Gasteiger partial charge in [-0.2, -0.15) is 18.4 Å². The van der Waals surface area contributed by atoms with Crippen molar-refractivity contribution in [1.29, 1.82) is 5.26 Å². The second-order valence-electron chi connectivity index (χ2n) is 3.76. The number of rotatable bonds is 6. The normalized spacial score (nSPS) is 14.6. The minimum absolute atomic E-state index is 0.00893. The lowest BCUT2D eigenvalue weighted by molar-refractivity contribution is -0.134. The number of sulfonamides is 1. The predicted octanol–water partition coefficient (Wildman–Crippen LogP) is 1.89. The third-order valence-electron chi connectivity index (χ3n) is 2.31. The first-order valence-electron chi connectivity index (χ1n) is 4.99. The van der Waals surface area contributed by atoms with Gasteiger partial charge in [-0.15, -0.1) is 0 Å². The summed E-state index contributed by atoms with van der Waals surface area (Å²) in [6, 6.07) is 1.28. The summed E-state index contributed by atoms with van der Waals surface area (Å²) in [5.41, 5.74) is 0. The lowest BCUT2D eigenvalue weighted by Gasteiger charge is -2.22. The molecule has 17 heavy (non-hydrogen) atoms. The molecule has 0 aliphatic carbocycles. The van der Waals surface area contributed by atoms with Crippen molar-refractivity contribution in [2.45, 2.75) is 38.4 Å². The minimum atomic E-state index is -4.34. The van der Waals surface area contributed by atoms with Crippen LogP contribution in [0.2, 0.25) is 0 Å². The van der Waals surface area contributed by atoms with Crippen LogP contribution in [0.1, 0.15) is 26.2 Å². The molecule has 0 saturated carbocycles. The van der Waals surface area contributed by atoms with E-state index in [4.69, 9.17) is 5.26 Å². The molecule has 100 valence electrons. The van der Waals surface area contributed by atoms with E-state index < -0.39 is 40.8 Å². The second kappa shape index (κ2) is 6.21. The number of hydrogen-bond donors (Lipinski definition) is 0. The van der Waals surface area contributed by atoms with E-state index in [0.717, 1.165) is 4.31 Å². The van der Waals surface area contributed by atoms with E-state index in [1.165, 1.54) is 14.0 Å². The SMILES string of the molecule is CC(CC#N)N(C)S(=O)(=O)CCCC(F)(F)F. The summed E-state index contributed by atoms with van der Waals surface area (Å²) in [5.74, 6) is -0.557. The Labute approximate surface area is 99.1 Å². The summed E-state index contributed by atoms with van der Waals surface area (Å²) in [5, 5.41) is 8.41. The van der Waals surface area contributed by atoms with Crippen LogP contribution in [0.25, 0.3) is 0 Å². The summed E-state index contributed by atoms with van der Waals surface area (Å²) in [6.45, 7) is 1.53. The fourth-order valence-corrected chi connectivity index (χ4v) is 2.55. The van der Waals surface area contributed by atoms with Crippen molar-refractivity contribution in [3.8, 4) is 6.07 Å². The summed E-state index contributed by atoms with van der Waals surface area (Å²) in [7, 11) is -2.45. The van der Waals surface area contributed by atoms with E-state index in [1.54, 1.807) is 0 Å². The van der Waals surface area contributed by atoms with Crippen LogP contribution in [0.3, 0.4) is 0 Å². The molecule has 0 heterocycles. The van der Waals surface area contributed by atoms with E-state index >= 15 is 0 Å². The van der Waals surface area contributed by atoms with E-state index in [1.807, 2.05) is 6.07 Å². The zero-order valence-electron chi connectivity index (χ0n) is 9.66. The van der Waals surface area contributed by atoms with E-state index in [2.05, 4.69) is 0 Å². The third-order valence-corrected chi connectivity index (χ3v) is 4.35. The van der Waals surface area contributed by atoms with Crippen molar-refractivity contribution < 1.29 is 21.6 Å². The minimum Gasteiger partial charge on any atom is -0.212 e. The van der Waals surface area contributed by atoms with Crippen LogP contribution in [0.5, 0.6) is 0 Å². The molecular weight excluding hydrogens is 257 g/mol. The first kappa shape index (κ1) is 16.2. The van der Waals surface area contributed by atoms with Gasteiger partial charge in [-0.25, -0.2) is 12.7 Å².